The molecule has 2 heterocycles. The number of nitrogens with one attached hydrogen (secondary N) is 1. The molecule has 1 aliphatic carbocycles. The van der Waals surface area contributed by atoms with Crippen LogP contribution in [-0.2, 0) is 11.2 Å². The van der Waals surface area contributed by atoms with Crippen LogP contribution in [0.15, 0.2) is 18.2 Å². The summed E-state index contributed by atoms with van der Waals surface area (Å²) in [5, 5.41) is 2.86. The van der Waals surface area contributed by atoms with E-state index < -0.39 is 0 Å². The Bertz CT molecular complexity index is 658. The molecule has 2 fully saturated rings. The van der Waals surface area contributed by atoms with Crippen LogP contribution in [0.3, 0.4) is 0 Å². The molecule has 5 nitrogen and oxygen atoms in total. The van der Waals surface area contributed by atoms with E-state index in [0.717, 1.165) is 36.3 Å². The van der Waals surface area contributed by atoms with Gasteiger partial charge < -0.3 is 16.0 Å². The standard InChI is InChI=1S/C18H23N3O2/c19-15-3-1-2-13-9-21(10-14(13)15)18(23)12-4-6-16-11(8-12)5-7-17(22)20-16/h4,6,8,13-15H,1-3,5,7,9-10,19H2,(H,20,22). The molecule has 5 heteroatoms. The number of hydrogen-bond acceptors (Lipinski definition) is 3. The zero-order valence-corrected chi connectivity index (χ0v) is 13.3. The Morgan fingerprint density at radius 1 is 1.22 bits per heavy atom. The molecule has 0 bridgehead atoms. The predicted octanol–water partition coefficient (Wildman–Crippen LogP) is 1.77. The number of nitrogens with two attached hydrogens (primary N) is 1. The molecule has 3 N–H and O–H groups in total. The third-order valence-corrected chi connectivity index (χ3v) is 5.69. The van der Waals surface area contributed by atoms with Crippen molar-refractivity contribution in [2.75, 3.05) is 18.4 Å². The van der Waals surface area contributed by atoms with Crippen molar-refractivity contribution in [3.05, 3.63) is 29.3 Å². The fourth-order valence-electron chi connectivity index (χ4n) is 4.38. The molecule has 3 atom stereocenters. The van der Waals surface area contributed by atoms with Crippen LogP contribution in [0.2, 0.25) is 0 Å². The number of rotatable bonds is 1. The van der Waals surface area contributed by atoms with Crippen LogP contribution >= 0.6 is 0 Å². The highest BCUT2D eigenvalue weighted by Crippen LogP contribution is 2.36. The minimum atomic E-state index is 0.0502. The number of fused-ring (bicyclic) bond motifs is 2. The second-order valence-electron chi connectivity index (χ2n) is 7.15. The van der Waals surface area contributed by atoms with Gasteiger partial charge in [0.2, 0.25) is 5.91 Å². The first-order valence-electron chi connectivity index (χ1n) is 8.59. The molecule has 3 unspecified atom stereocenters. The second-order valence-corrected chi connectivity index (χ2v) is 7.15. The van der Waals surface area contributed by atoms with Gasteiger partial charge in [0.15, 0.2) is 0 Å². The molecular formula is C18H23N3O2. The monoisotopic (exact) mass is 313 g/mol. The maximum Gasteiger partial charge on any atom is 0.253 e. The Balaban J connectivity index is 1.52. The van der Waals surface area contributed by atoms with Gasteiger partial charge in [-0.1, -0.05) is 6.42 Å². The van der Waals surface area contributed by atoms with Crippen LogP contribution in [0.1, 0.15) is 41.6 Å². The lowest BCUT2D eigenvalue weighted by Crippen LogP contribution is -2.38. The first-order valence-corrected chi connectivity index (χ1v) is 8.59. The summed E-state index contributed by atoms with van der Waals surface area (Å²) in [7, 11) is 0. The lowest BCUT2D eigenvalue weighted by Gasteiger charge is -2.29. The SMILES string of the molecule is NC1CCCC2CN(C(=O)c3ccc4c(c3)CCC(=O)N4)CC12. The number of aryl methyl sites for hydroxylation is 1. The lowest BCUT2D eigenvalue weighted by molar-refractivity contribution is -0.116. The van der Waals surface area contributed by atoms with Crippen LogP contribution < -0.4 is 11.1 Å². The van der Waals surface area contributed by atoms with Crippen LogP contribution in [0, 0.1) is 11.8 Å². The molecule has 4 rings (SSSR count). The number of carbonyl (C=O) groups is 2. The summed E-state index contributed by atoms with van der Waals surface area (Å²) in [5.41, 5.74) is 8.88. The van der Waals surface area contributed by atoms with E-state index >= 15 is 0 Å². The van der Waals surface area contributed by atoms with Gasteiger partial charge in [0.25, 0.3) is 5.91 Å². The molecule has 0 radical (unpaired) electrons. The Labute approximate surface area is 136 Å². The molecule has 2 amide bonds. The molecule has 122 valence electrons. The van der Waals surface area contributed by atoms with Crippen LogP contribution in [0.25, 0.3) is 0 Å². The van der Waals surface area contributed by atoms with Gasteiger partial charge in [0.1, 0.15) is 0 Å². The number of hydrogen-bond donors (Lipinski definition) is 2. The molecule has 3 aliphatic rings. The fraction of sp³-hybridized carbons (Fsp3) is 0.556. The van der Waals surface area contributed by atoms with Crippen molar-refractivity contribution in [1.82, 2.24) is 4.90 Å². The van der Waals surface area contributed by atoms with Crippen LogP contribution in [0.5, 0.6) is 0 Å². The number of carbonyl (C=O) groups excluding carboxylic acids is 2. The minimum absolute atomic E-state index is 0.0502. The third-order valence-electron chi connectivity index (χ3n) is 5.69. The van der Waals surface area contributed by atoms with E-state index in [4.69, 9.17) is 5.73 Å². The van der Waals surface area contributed by atoms with Crippen LogP contribution in [0.4, 0.5) is 5.69 Å². The van der Waals surface area contributed by atoms with Crippen molar-refractivity contribution >= 4 is 17.5 Å². The first kappa shape index (κ1) is 14.7. The predicted molar refractivity (Wildman–Crippen MR) is 88.1 cm³/mol. The van der Waals surface area contributed by atoms with Gasteiger partial charge in [-0.2, -0.15) is 0 Å². The molecule has 1 saturated heterocycles. The van der Waals surface area contributed by atoms with Gasteiger partial charge in [-0.3, -0.25) is 9.59 Å². The Morgan fingerprint density at radius 2 is 2.09 bits per heavy atom. The smallest absolute Gasteiger partial charge is 0.253 e. The molecule has 1 saturated carbocycles. The minimum Gasteiger partial charge on any atom is -0.338 e. The number of benzene rings is 1. The largest absolute Gasteiger partial charge is 0.338 e. The van der Waals surface area contributed by atoms with Gasteiger partial charge in [0.05, 0.1) is 0 Å². The molecular weight excluding hydrogens is 290 g/mol. The van der Waals surface area contributed by atoms with Crippen molar-refractivity contribution in [2.45, 2.75) is 38.1 Å². The van der Waals surface area contributed by atoms with Gasteiger partial charge in [-0.25, -0.2) is 0 Å². The highest BCUT2D eigenvalue weighted by Gasteiger charge is 2.40. The molecule has 0 spiro atoms. The lowest BCUT2D eigenvalue weighted by atomic mass is 9.78. The Morgan fingerprint density at radius 3 is 2.91 bits per heavy atom. The Kier molecular flexibility index (Phi) is 3.60. The second kappa shape index (κ2) is 5.64. The van der Waals surface area contributed by atoms with Crippen LogP contribution in [-0.4, -0.2) is 35.8 Å². The maximum absolute atomic E-state index is 12.8. The van der Waals surface area contributed by atoms with E-state index in [2.05, 4.69) is 5.32 Å². The maximum atomic E-state index is 12.8. The summed E-state index contributed by atoms with van der Waals surface area (Å²) in [4.78, 5) is 26.3. The normalized spacial score (nSPS) is 29.7. The molecule has 0 aromatic heterocycles. The first-order chi connectivity index (χ1) is 11.1. The molecule has 1 aromatic carbocycles. The topological polar surface area (TPSA) is 75.4 Å². The summed E-state index contributed by atoms with van der Waals surface area (Å²) in [5.74, 6) is 1.18. The highest BCUT2D eigenvalue weighted by molar-refractivity contribution is 5.98. The number of nitrogens with zero attached hydrogens (tertiary/aromatic N) is 1. The average Bonchev–Trinajstić information content (AvgIpc) is 2.99. The average molecular weight is 313 g/mol. The molecule has 2 aliphatic heterocycles. The highest BCUT2D eigenvalue weighted by atomic mass is 16.2. The van der Waals surface area contributed by atoms with Crippen molar-refractivity contribution < 1.29 is 9.59 Å². The fourth-order valence-corrected chi connectivity index (χ4v) is 4.38. The summed E-state index contributed by atoms with van der Waals surface area (Å²) in [6.45, 7) is 1.63. The zero-order valence-electron chi connectivity index (χ0n) is 13.3. The van der Waals surface area contributed by atoms with E-state index in [9.17, 15) is 9.59 Å². The zero-order chi connectivity index (χ0) is 16.0. The number of likely N-dealkylation sites (tertiary alicyclic amines) is 1. The summed E-state index contributed by atoms with van der Waals surface area (Å²) < 4.78 is 0. The third kappa shape index (κ3) is 2.63. The van der Waals surface area contributed by atoms with Crippen molar-refractivity contribution in [1.29, 1.82) is 0 Å². The summed E-state index contributed by atoms with van der Waals surface area (Å²) in [6, 6.07) is 5.87. The van der Waals surface area contributed by atoms with E-state index in [1.54, 1.807) is 0 Å². The van der Waals surface area contributed by atoms with Crippen molar-refractivity contribution in [3.8, 4) is 0 Å². The summed E-state index contributed by atoms with van der Waals surface area (Å²) in [6.07, 6.45) is 4.66. The van der Waals surface area contributed by atoms with Gasteiger partial charge in [-0.15, -0.1) is 0 Å². The van der Waals surface area contributed by atoms with E-state index in [-0.39, 0.29) is 17.9 Å². The van der Waals surface area contributed by atoms with Gasteiger partial charge in [-0.05, 0) is 54.9 Å². The quantitative estimate of drug-likeness (QED) is 0.829. The van der Waals surface area contributed by atoms with E-state index in [1.165, 1.54) is 12.8 Å². The van der Waals surface area contributed by atoms with E-state index in [0.29, 0.717) is 24.7 Å². The number of anilines is 1. The molecule has 1 aromatic rings. The summed E-state index contributed by atoms with van der Waals surface area (Å²) >= 11 is 0. The molecule has 23 heavy (non-hydrogen) atoms. The van der Waals surface area contributed by atoms with Crippen molar-refractivity contribution in [3.63, 3.8) is 0 Å². The van der Waals surface area contributed by atoms with Gasteiger partial charge in [0, 0.05) is 36.8 Å². The van der Waals surface area contributed by atoms with Crippen molar-refractivity contribution in [2.24, 2.45) is 17.6 Å². The number of amides is 2. The Hall–Kier alpha value is -1.88. The van der Waals surface area contributed by atoms with E-state index in [1.807, 2.05) is 23.1 Å². The van der Waals surface area contributed by atoms with Gasteiger partial charge >= 0.3 is 0 Å².